The summed E-state index contributed by atoms with van der Waals surface area (Å²) in [6.45, 7) is 0.0900. The summed E-state index contributed by atoms with van der Waals surface area (Å²) in [7, 11) is 0. The van der Waals surface area contributed by atoms with E-state index in [0.29, 0.717) is 16.3 Å². The molecule has 3 aromatic rings. The Hall–Kier alpha value is -3.14. The average Bonchev–Trinajstić information content (AvgIpc) is 3.14. The van der Waals surface area contributed by atoms with Gasteiger partial charge in [0.15, 0.2) is 0 Å². The first-order valence-electron chi connectivity index (χ1n) is 7.47. The van der Waals surface area contributed by atoms with Gasteiger partial charge in [0.05, 0.1) is 11.3 Å². The third-order valence-electron chi connectivity index (χ3n) is 3.41. The molecule has 0 saturated heterocycles. The van der Waals surface area contributed by atoms with Crippen molar-refractivity contribution in [1.82, 2.24) is 25.5 Å². The monoisotopic (exact) mass is 397 g/mol. The predicted octanol–water partition coefficient (Wildman–Crippen LogP) is 3.14. The van der Waals surface area contributed by atoms with Crippen LogP contribution in [0.2, 0.25) is 5.02 Å². The molecule has 0 bridgehead atoms. The number of hydrogen-bond acceptors (Lipinski definition) is 5. The topological polar surface area (TPSA) is 81.9 Å². The van der Waals surface area contributed by atoms with E-state index in [1.165, 1.54) is 41.3 Å². The number of halogens is 4. The van der Waals surface area contributed by atoms with Crippen LogP contribution in [0.25, 0.3) is 5.69 Å². The number of amides is 1. The molecule has 11 heteroatoms. The fraction of sp³-hybridized carbons (Fsp3) is 0.125. The highest BCUT2D eigenvalue weighted by Gasteiger charge is 2.30. The number of carbonyl (C=O) groups excluding carboxylic acids is 1. The van der Waals surface area contributed by atoms with Crippen LogP contribution in [0.5, 0.6) is 5.75 Å². The summed E-state index contributed by atoms with van der Waals surface area (Å²) in [6, 6.07) is 9.82. The van der Waals surface area contributed by atoms with Crippen molar-refractivity contribution in [2.75, 3.05) is 0 Å². The van der Waals surface area contributed by atoms with Crippen LogP contribution in [0.3, 0.4) is 0 Å². The fourth-order valence-electron chi connectivity index (χ4n) is 2.25. The molecule has 1 heterocycles. The SMILES string of the molecule is O=C(NCc1ccc(OC(F)(F)F)cc1)c1cc(Cl)ccc1-n1cnnn1. The molecule has 7 nitrogen and oxygen atoms in total. The second-order valence-electron chi connectivity index (χ2n) is 5.29. The van der Waals surface area contributed by atoms with Gasteiger partial charge in [-0.15, -0.1) is 18.3 Å². The van der Waals surface area contributed by atoms with Crippen LogP contribution in [0.15, 0.2) is 48.8 Å². The number of alkyl halides is 3. The van der Waals surface area contributed by atoms with Gasteiger partial charge < -0.3 is 10.1 Å². The molecule has 0 unspecified atom stereocenters. The van der Waals surface area contributed by atoms with Crippen molar-refractivity contribution >= 4 is 17.5 Å². The Morgan fingerprint density at radius 2 is 1.93 bits per heavy atom. The Kier molecular flexibility index (Phi) is 5.26. The number of carbonyl (C=O) groups is 1. The molecule has 1 amide bonds. The minimum Gasteiger partial charge on any atom is -0.406 e. The highest BCUT2D eigenvalue weighted by atomic mass is 35.5. The molecule has 3 rings (SSSR count). The van der Waals surface area contributed by atoms with Crippen molar-refractivity contribution in [3.8, 4) is 11.4 Å². The summed E-state index contributed by atoms with van der Waals surface area (Å²) in [4.78, 5) is 12.5. The largest absolute Gasteiger partial charge is 0.573 e. The number of hydrogen-bond donors (Lipinski definition) is 1. The van der Waals surface area contributed by atoms with Crippen molar-refractivity contribution in [3.05, 3.63) is 64.9 Å². The Bertz CT molecular complexity index is 930. The highest BCUT2D eigenvalue weighted by molar-refractivity contribution is 6.31. The van der Waals surface area contributed by atoms with E-state index in [1.54, 1.807) is 12.1 Å². The van der Waals surface area contributed by atoms with Crippen molar-refractivity contribution < 1.29 is 22.7 Å². The Morgan fingerprint density at radius 3 is 2.56 bits per heavy atom. The van der Waals surface area contributed by atoms with E-state index in [-0.39, 0.29) is 17.9 Å². The van der Waals surface area contributed by atoms with E-state index >= 15 is 0 Å². The number of nitrogens with one attached hydrogen (secondary N) is 1. The van der Waals surface area contributed by atoms with Gasteiger partial charge in [0.2, 0.25) is 0 Å². The lowest BCUT2D eigenvalue weighted by Gasteiger charge is -2.11. The molecule has 2 aromatic carbocycles. The number of aromatic nitrogens is 4. The number of tetrazole rings is 1. The van der Waals surface area contributed by atoms with Crippen LogP contribution in [0.1, 0.15) is 15.9 Å². The van der Waals surface area contributed by atoms with Gasteiger partial charge in [-0.05, 0) is 46.3 Å². The third-order valence-corrected chi connectivity index (χ3v) is 3.64. The molecule has 0 spiro atoms. The molecule has 0 aliphatic rings. The van der Waals surface area contributed by atoms with Crippen LogP contribution in [-0.4, -0.2) is 32.5 Å². The van der Waals surface area contributed by atoms with Gasteiger partial charge >= 0.3 is 6.36 Å². The molecule has 27 heavy (non-hydrogen) atoms. The molecule has 0 saturated carbocycles. The molecular weight excluding hydrogens is 387 g/mol. The molecule has 0 fully saturated rings. The molecule has 0 aliphatic carbocycles. The molecule has 1 N–H and O–H groups in total. The van der Waals surface area contributed by atoms with Crippen LogP contribution in [0.4, 0.5) is 13.2 Å². The lowest BCUT2D eigenvalue weighted by Crippen LogP contribution is -2.24. The third kappa shape index (κ3) is 4.94. The van der Waals surface area contributed by atoms with E-state index < -0.39 is 12.3 Å². The van der Waals surface area contributed by atoms with E-state index in [1.807, 2.05) is 0 Å². The zero-order chi connectivity index (χ0) is 19.4. The lowest BCUT2D eigenvalue weighted by atomic mass is 10.1. The highest BCUT2D eigenvalue weighted by Crippen LogP contribution is 2.23. The minimum atomic E-state index is -4.76. The average molecular weight is 398 g/mol. The van der Waals surface area contributed by atoms with Crippen LogP contribution >= 0.6 is 11.6 Å². The van der Waals surface area contributed by atoms with Gasteiger partial charge in [-0.1, -0.05) is 23.7 Å². The van der Waals surface area contributed by atoms with Crippen LogP contribution in [0, 0.1) is 0 Å². The molecular formula is C16H11ClF3N5O2. The maximum Gasteiger partial charge on any atom is 0.573 e. The minimum absolute atomic E-state index is 0.0900. The van der Waals surface area contributed by atoms with Gasteiger partial charge in [-0.25, -0.2) is 0 Å². The standard InChI is InChI=1S/C16H11ClF3N5O2/c17-11-3-6-14(25-9-22-23-24-25)13(7-11)15(26)21-8-10-1-4-12(5-2-10)27-16(18,19)20/h1-7,9H,8H2,(H,21,26). The van der Waals surface area contributed by atoms with E-state index in [9.17, 15) is 18.0 Å². The molecule has 0 atom stereocenters. The summed E-state index contributed by atoms with van der Waals surface area (Å²) < 4.78 is 41.6. The Balaban J connectivity index is 1.70. The maximum absolute atomic E-state index is 12.5. The van der Waals surface area contributed by atoms with Gasteiger partial charge in [0.25, 0.3) is 5.91 Å². The van der Waals surface area contributed by atoms with Gasteiger partial charge in [0.1, 0.15) is 12.1 Å². The van der Waals surface area contributed by atoms with Crippen molar-refractivity contribution in [3.63, 3.8) is 0 Å². The summed E-state index contributed by atoms with van der Waals surface area (Å²) in [6.07, 6.45) is -3.42. The molecule has 0 radical (unpaired) electrons. The second-order valence-corrected chi connectivity index (χ2v) is 5.73. The van der Waals surface area contributed by atoms with Crippen molar-refractivity contribution in [2.45, 2.75) is 12.9 Å². The van der Waals surface area contributed by atoms with E-state index in [2.05, 4.69) is 25.6 Å². The maximum atomic E-state index is 12.5. The summed E-state index contributed by atoms with van der Waals surface area (Å²) >= 11 is 5.96. The molecule has 0 aliphatic heterocycles. The quantitative estimate of drug-likeness (QED) is 0.715. The zero-order valence-corrected chi connectivity index (χ0v) is 14.2. The van der Waals surface area contributed by atoms with E-state index in [4.69, 9.17) is 11.6 Å². The van der Waals surface area contributed by atoms with Crippen LogP contribution in [-0.2, 0) is 6.54 Å². The van der Waals surface area contributed by atoms with Crippen molar-refractivity contribution in [1.29, 1.82) is 0 Å². The Morgan fingerprint density at radius 1 is 1.19 bits per heavy atom. The van der Waals surface area contributed by atoms with Crippen molar-refractivity contribution in [2.24, 2.45) is 0 Å². The number of nitrogens with zero attached hydrogens (tertiary/aromatic N) is 4. The number of rotatable bonds is 5. The number of ether oxygens (including phenoxy) is 1. The van der Waals surface area contributed by atoms with Gasteiger partial charge in [-0.2, -0.15) is 4.68 Å². The first-order valence-corrected chi connectivity index (χ1v) is 7.85. The van der Waals surface area contributed by atoms with Crippen LogP contribution < -0.4 is 10.1 Å². The smallest absolute Gasteiger partial charge is 0.406 e. The normalized spacial score (nSPS) is 11.3. The summed E-state index contributed by atoms with van der Waals surface area (Å²) in [5, 5.41) is 13.8. The first kappa shape index (κ1) is 18.6. The molecule has 1 aromatic heterocycles. The predicted molar refractivity (Wildman–Crippen MR) is 88.5 cm³/mol. The van der Waals surface area contributed by atoms with E-state index in [0.717, 1.165) is 0 Å². The van der Waals surface area contributed by atoms with Gasteiger partial charge in [0, 0.05) is 11.6 Å². The second kappa shape index (κ2) is 7.62. The summed E-state index contributed by atoms with van der Waals surface area (Å²) in [5.41, 5.74) is 1.26. The lowest BCUT2D eigenvalue weighted by molar-refractivity contribution is -0.274. The molecule has 140 valence electrons. The van der Waals surface area contributed by atoms with Gasteiger partial charge in [-0.3, -0.25) is 4.79 Å². The summed E-state index contributed by atoms with van der Waals surface area (Å²) in [5.74, 6) is -0.785. The fourth-order valence-corrected chi connectivity index (χ4v) is 2.42. The first-order chi connectivity index (χ1) is 12.8. The zero-order valence-electron chi connectivity index (χ0n) is 13.4. The Labute approximate surface area is 155 Å². The number of benzene rings is 2.